The molecule has 2 heterocycles. The summed E-state index contributed by atoms with van der Waals surface area (Å²) in [5.41, 5.74) is 3.19. The lowest BCUT2D eigenvalue weighted by Crippen LogP contribution is -2.22. The molecule has 34 heavy (non-hydrogen) atoms. The number of aromatic nitrogens is 3. The predicted molar refractivity (Wildman–Crippen MR) is 130 cm³/mol. The molecule has 0 aliphatic rings. The monoisotopic (exact) mass is 454 g/mol. The highest BCUT2D eigenvalue weighted by molar-refractivity contribution is 6.06. The van der Waals surface area contributed by atoms with Gasteiger partial charge < -0.3 is 14.8 Å². The van der Waals surface area contributed by atoms with Gasteiger partial charge in [0.15, 0.2) is 0 Å². The SMILES string of the molecule is COc1ccc(CNC(=O)c2ccc3ncc4c(=O)n(-c5ccc(OC)cc5)[nH]c4c3c2)cc1. The van der Waals surface area contributed by atoms with E-state index in [-0.39, 0.29) is 11.5 Å². The number of pyridine rings is 1. The quantitative estimate of drug-likeness (QED) is 0.407. The molecule has 0 saturated carbocycles. The smallest absolute Gasteiger partial charge is 0.280 e. The van der Waals surface area contributed by atoms with Gasteiger partial charge in [0.25, 0.3) is 11.5 Å². The lowest BCUT2D eigenvalue weighted by Gasteiger charge is -2.07. The molecule has 5 rings (SSSR count). The number of nitrogens with zero attached hydrogens (tertiary/aromatic N) is 2. The van der Waals surface area contributed by atoms with Crippen molar-refractivity contribution in [1.29, 1.82) is 0 Å². The molecular formula is C26H22N4O4. The molecule has 0 aliphatic carbocycles. The van der Waals surface area contributed by atoms with E-state index >= 15 is 0 Å². The highest BCUT2D eigenvalue weighted by atomic mass is 16.5. The molecule has 2 aromatic heterocycles. The van der Waals surface area contributed by atoms with Gasteiger partial charge in [-0.15, -0.1) is 0 Å². The van der Waals surface area contributed by atoms with Crippen molar-refractivity contribution in [3.05, 3.63) is 94.4 Å². The fraction of sp³-hybridized carbons (Fsp3) is 0.115. The molecule has 0 spiro atoms. The van der Waals surface area contributed by atoms with Crippen LogP contribution in [-0.2, 0) is 6.54 Å². The molecule has 0 atom stereocenters. The van der Waals surface area contributed by atoms with Crippen LogP contribution in [0.2, 0.25) is 0 Å². The van der Waals surface area contributed by atoms with Crippen molar-refractivity contribution in [2.24, 2.45) is 0 Å². The van der Waals surface area contributed by atoms with Crippen molar-refractivity contribution in [2.75, 3.05) is 14.2 Å². The maximum absolute atomic E-state index is 13.0. The van der Waals surface area contributed by atoms with Gasteiger partial charge in [0.1, 0.15) is 11.5 Å². The zero-order valence-electron chi connectivity index (χ0n) is 18.7. The van der Waals surface area contributed by atoms with E-state index in [9.17, 15) is 9.59 Å². The van der Waals surface area contributed by atoms with Gasteiger partial charge in [0, 0.05) is 23.7 Å². The second kappa shape index (κ2) is 8.74. The first-order valence-corrected chi connectivity index (χ1v) is 10.7. The minimum Gasteiger partial charge on any atom is -0.497 e. The molecule has 0 fully saturated rings. The van der Waals surface area contributed by atoms with Crippen LogP contribution in [0.25, 0.3) is 27.5 Å². The molecule has 0 aliphatic heterocycles. The molecule has 8 nitrogen and oxygen atoms in total. The molecule has 2 N–H and O–H groups in total. The molecule has 1 amide bonds. The van der Waals surface area contributed by atoms with E-state index in [1.54, 1.807) is 62.9 Å². The summed E-state index contributed by atoms with van der Waals surface area (Å²) >= 11 is 0. The topological polar surface area (TPSA) is 98.2 Å². The lowest BCUT2D eigenvalue weighted by atomic mass is 10.1. The highest BCUT2D eigenvalue weighted by Gasteiger charge is 2.14. The highest BCUT2D eigenvalue weighted by Crippen LogP contribution is 2.23. The summed E-state index contributed by atoms with van der Waals surface area (Å²) in [6.45, 7) is 0.383. The normalized spacial score (nSPS) is 11.0. The predicted octanol–water partition coefficient (Wildman–Crippen LogP) is 3.81. The molecule has 170 valence electrons. The van der Waals surface area contributed by atoms with Crippen LogP contribution in [0.3, 0.4) is 0 Å². The first-order chi connectivity index (χ1) is 16.6. The summed E-state index contributed by atoms with van der Waals surface area (Å²) in [6.07, 6.45) is 1.56. The molecule has 0 bridgehead atoms. The zero-order valence-corrected chi connectivity index (χ0v) is 18.7. The van der Waals surface area contributed by atoms with Gasteiger partial charge in [-0.2, -0.15) is 0 Å². The van der Waals surface area contributed by atoms with Gasteiger partial charge in [0.2, 0.25) is 0 Å². The number of rotatable bonds is 6. The fourth-order valence-electron chi connectivity index (χ4n) is 3.84. The van der Waals surface area contributed by atoms with E-state index in [0.717, 1.165) is 11.3 Å². The number of carbonyl (C=O) groups is 1. The van der Waals surface area contributed by atoms with Crippen LogP contribution in [0, 0.1) is 0 Å². The van der Waals surface area contributed by atoms with Crippen molar-refractivity contribution in [2.45, 2.75) is 6.54 Å². The van der Waals surface area contributed by atoms with Gasteiger partial charge in [-0.1, -0.05) is 12.1 Å². The molecule has 0 radical (unpaired) electrons. The summed E-state index contributed by atoms with van der Waals surface area (Å²) in [4.78, 5) is 30.3. The number of ether oxygens (including phenoxy) is 2. The number of nitrogens with one attached hydrogen (secondary N) is 2. The van der Waals surface area contributed by atoms with E-state index < -0.39 is 0 Å². The van der Waals surface area contributed by atoms with E-state index in [1.165, 1.54) is 4.68 Å². The van der Waals surface area contributed by atoms with Crippen molar-refractivity contribution in [3.8, 4) is 17.2 Å². The van der Waals surface area contributed by atoms with Crippen LogP contribution in [0.5, 0.6) is 11.5 Å². The first-order valence-electron chi connectivity index (χ1n) is 10.7. The molecule has 8 heteroatoms. The Labute approximate surface area is 194 Å². The Bertz CT molecular complexity index is 1550. The minimum atomic E-state index is -0.219. The van der Waals surface area contributed by atoms with E-state index in [0.29, 0.717) is 45.4 Å². The Kier molecular flexibility index (Phi) is 5.47. The Morgan fingerprint density at radius 2 is 1.62 bits per heavy atom. The van der Waals surface area contributed by atoms with Gasteiger partial charge in [0.05, 0.1) is 36.3 Å². The lowest BCUT2D eigenvalue weighted by molar-refractivity contribution is 0.0951. The second-order valence-electron chi connectivity index (χ2n) is 7.76. The zero-order chi connectivity index (χ0) is 23.7. The van der Waals surface area contributed by atoms with E-state index in [1.807, 2.05) is 24.3 Å². The van der Waals surface area contributed by atoms with Gasteiger partial charge in [-0.05, 0) is 60.2 Å². The van der Waals surface area contributed by atoms with Crippen LogP contribution < -0.4 is 20.3 Å². The largest absolute Gasteiger partial charge is 0.497 e. The number of benzene rings is 3. The minimum absolute atomic E-state index is 0.216. The summed E-state index contributed by atoms with van der Waals surface area (Å²) < 4.78 is 11.8. The average Bonchev–Trinajstić information content (AvgIpc) is 3.24. The summed E-state index contributed by atoms with van der Waals surface area (Å²) in [7, 11) is 3.20. The number of carbonyl (C=O) groups excluding carboxylic acids is 1. The van der Waals surface area contributed by atoms with Gasteiger partial charge in [-0.3, -0.25) is 19.7 Å². The molecule has 5 aromatic rings. The van der Waals surface area contributed by atoms with E-state index in [2.05, 4.69) is 15.4 Å². The number of amides is 1. The van der Waals surface area contributed by atoms with Crippen molar-refractivity contribution in [1.82, 2.24) is 20.1 Å². The maximum Gasteiger partial charge on any atom is 0.280 e. The molecule has 0 saturated heterocycles. The van der Waals surface area contributed by atoms with Crippen molar-refractivity contribution in [3.63, 3.8) is 0 Å². The van der Waals surface area contributed by atoms with Crippen LogP contribution >= 0.6 is 0 Å². The summed E-state index contributed by atoms with van der Waals surface area (Å²) in [5, 5.41) is 7.24. The third-order valence-electron chi connectivity index (χ3n) is 5.73. The average molecular weight is 454 g/mol. The Morgan fingerprint density at radius 1 is 0.941 bits per heavy atom. The number of H-pyrrole nitrogens is 1. The molecule has 3 aromatic carbocycles. The third-order valence-corrected chi connectivity index (χ3v) is 5.73. The van der Waals surface area contributed by atoms with Crippen LogP contribution in [0.4, 0.5) is 0 Å². The standard InChI is InChI=1S/C26H22N4O4/c1-33-19-8-3-16(4-9-19)14-28-25(31)17-5-12-23-21(13-17)24-22(15-27-23)26(32)30(29-24)18-6-10-20(34-2)11-7-18/h3-13,15,29H,14H2,1-2H3,(H,28,31). The number of hydrogen-bond acceptors (Lipinski definition) is 5. The fourth-order valence-corrected chi connectivity index (χ4v) is 3.84. The van der Waals surface area contributed by atoms with Crippen molar-refractivity contribution >= 4 is 27.7 Å². The van der Waals surface area contributed by atoms with Crippen LogP contribution in [-0.4, -0.2) is 34.9 Å². The number of fused-ring (bicyclic) bond motifs is 3. The number of methoxy groups -OCH3 is 2. The summed E-state index contributed by atoms with van der Waals surface area (Å²) in [6, 6.07) is 19.9. The molecule has 0 unspecified atom stereocenters. The maximum atomic E-state index is 13.0. The molecular weight excluding hydrogens is 432 g/mol. The summed E-state index contributed by atoms with van der Waals surface area (Å²) in [5.74, 6) is 1.24. The van der Waals surface area contributed by atoms with Crippen LogP contribution in [0.15, 0.2) is 77.7 Å². The third kappa shape index (κ3) is 3.86. The van der Waals surface area contributed by atoms with Crippen LogP contribution in [0.1, 0.15) is 15.9 Å². The Balaban J connectivity index is 1.47. The Hall–Kier alpha value is -4.59. The first kappa shape index (κ1) is 21.3. The Morgan fingerprint density at radius 3 is 2.29 bits per heavy atom. The van der Waals surface area contributed by atoms with E-state index in [4.69, 9.17) is 9.47 Å². The van der Waals surface area contributed by atoms with Gasteiger partial charge in [-0.25, -0.2) is 4.68 Å². The number of hydrogen-bond donors (Lipinski definition) is 2. The second-order valence-corrected chi connectivity index (χ2v) is 7.76. The number of aromatic amines is 1. The van der Waals surface area contributed by atoms with Crippen molar-refractivity contribution < 1.29 is 14.3 Å². The van der Waals surface area contributed by atoms with Gasteiger partial charge >= 0.3 is 0 Å².